The molecule has 0 radical (unpaired) electrons. The predicted molar refractivity (Wildman–Crippen MR) is 122 cm³/mol. The molecule has 1 saturated heterocycles. The number of pyridine rings is 1. The highest BCUT2D eigenvalue weighted by molar-refractivity contribution is 5.76. The Morgan fingerprint density at radius 3 is 2.55 bits per heavy atom. The molecule has 5 nitrogen and oxygen atoms in total. The van der Waals surface area contributed by atoms with E-state index in [0.717, 1.165) is 24.4 Å². The molecule has 4 rings (SSSR count). The van der Waals surface area contributed by atoms with Crippen molar-refractivity contribution in [2.75, 3.05) is 18.0 Å². The maximum absolute atomic E-state index is 11.3. The highest BCUT2D eigenvalue weighted by Crippen LogP contribution is 2.27. The fraction of sp³-hybridized carbons (Fsp3) is 0.308. The summed E-state index contributed by atoms with van der Waals surface area (Å²) in [5.74, 6) is 1.81. The van der Waals surface area contributed by atoms with Crippen molar-refractivity contribution in [2.24, 2.45) is 0 Å². The summed E-state index contributed by atoms with van der Waals surface area (Å²) in [6.07, 6.45) is 2.40. The molecule has 0 bridgehead atoms. The van der Waals surface area contributed by atoms with Gasteiger partial charge in [0.1, 0.15) is 24.2 Å². The topological polar surface area (TPSA) is 51.7 Å². The monoisotopic (exact) mass is 416 g/mol. The van der Waals surface area contributed by atoms with E-state index in [9.17, 15) is 4.79 Å². The van der Waals surface area contributed by atoms with Gasteiger partial charge in [-0.2, -0.15) is 0 Å². The third-order valence-electron chi connectivity index (χ3n) is 5.51. The molecule has 0 spiro atoms. The molecule has 2 aromatic carbocycles. The molecule has 5 heteroatoms. The molecule has 1 aliphatic rings. The molecular weight excluding hydrogens is 388 g/mol. The third kappa shape index (κ3) is 5.63. The number of carbonyl (C=O) groups excluding carboxylic acids is 1. The molecule has 1 fully saturated rings. The Morgan fingerprint density at radius 2 is 1.84 bits per heavy atom. The van der Waals surface area contributed by atoms with Crippen molar-refractivity contribution in [3.8, 4) is 11.6 Å². The summed E-state index contributed by atoms with van der Waals surface area (Å²) in [5, 5.41) is 0. The molecule has 1 atom stereocenters. The first-order valence-corrected chi connectivity index (χ1v) is 10.7. The Morgan fingerprint density at radius 1 is 1.10 bits per heavy atom. The van der Waals surface area contributed by atoms with E-state index in [1.165, 1.54) is 11.3 Å². The minimum Gasteiger partial charge on any atom is -0.489 e. The smallest absolute Gasteiger partial charge is 0.217 e. The Bertz CT molecular complexity index is 999. The normalized spacial score (nSPS) is 14.6. The average molecular weight is 417 g/mol. The number of carbonyl (C=O) groups is 1. The second-order valence-corrected chi connectivity index (χ2v) is 8.15. The quantitative estimate of drug-likeness (QED) is 0.491. The molecular formula is C26H28N2O3. The lowest BCUT2D eigenvalue weighted by atomic mass is 9.95. The van der Waals surface area contributed by atoms with Crippen LogP contribution in [0.15, 0.2) is 72.9 Å². The number of aromatic nitrogens is 1. The summed E-state index contributed by atoms with van der Waals surface area (Å²) in [7, 11) is 0. The second-order valence-electron chi connectivity index (χ2n) is 8.15. The number of nitrogens with zero attached hydrogens (tertiary/aromatic N) is 2. The van der Waals surface area contributed by atoms with Crippen LogP contribution in [-0.2, 0) is 11.4 Å². The molecule has 31 heavy (non-hydrogen) atoms. The van der Waals surface area contributed by atoms with Crippen LogP contribution in [0.1, 0.15) is 37.3 Å². The lowest BCUT2D eigenvalue weighted by molar-refractivity contribution is -0.117. The Labute approximate surface area is 183 Å². The van der Waals surface area contributed by atoms with E-state index in [0.29, 0.717) is 18.9 Å². The van der Waals surface area contributed by atoms with Crippen molar-refractivity contribution in [1.29, 1.82) is 0 Å². The summed E-state index contributed by atoms with van der Waals surface area (Å²) in [4.78, 5) is 17.9. The highest BCUT2D eigenvalue weighted by Gasteiger charge is 2.29. The van der Waals surface area contributed by atoms with Crippen LogP contribution < -0.4 is 14.4 Å². The van der Waals surface area contributed by atoms with Crippen LogP contribution in [0.3, 0.4) is 0 Å². The molecule has 3 aromatic rings. The maximum Gasteiger partial charge on any atom is 0.217 e. The highest BCUT2D eigenvalue weighted by atomic mass is 16.5. The van der Waals surface area contributed by atoms with Crippen LogP contribution in [0.4, 0.5) is 5.69 Å². The molecule has 1 aliphatic heterocycles. The van der Waals surface area contributed by atoms with E-state index >= 15 is 0 Å². The van der Waals surface area contributed by atoms with Crippen LogP contribution in [0.5, 0.6) is 11.6 Å². The largest absolute Gasteiger partial charge is 0.489 e. The summed E-state index contributed by atoms with van der Waals surface area (Å²) < 4.78 is 11.9. The zero-order valence-electron chi connectivity index (χ0n) is 18.0. The number of hydrogen-bond donors (Lipinski definition) is 0. The molecule has 0 N–H and O–H groups in total. The number of Topliss-reactive ketones (excluding diaryl/α,β-unsaturated/α-hetero) is 1. The van der Waals surface area contributed by atoms with Gasteiger partial charge in [0.25, 0.3) is 0 Å². The fourth-order valence-corrected chi connectivity index (χ4v) is 3.74. The van der Waals surface area contributed by atoms with Crippen molar-refractivity contribution in [1.82, 2.24) is 4.98 Å². The zero-order valence-corrected chi connectivity index (χ0v) is 18.0. The molecule has 0 saturated carbocycles. The van der Waals surface area contributed by atoms with Gasteiger partial charge in [-0.1, -0.05) is 49.4 Å². The van der Waals surface area contributed by atoms with E-state index in [-0.39, 0.29) is 17.8 Å². The first kappa shape index (κ1) is 20.9. The summed E-state index contributed by atoms with van der Waals surface area (Å²) in [6.45, 7) is 5.89. The van der Waals surface area contributed by atoms with E-state index in [1.54, 1.807) is 13.1 Å². The number of ketones is 1. The van der Waals surface area contributed by atoms with Crippen molar-refractivity contribution in [2.45, 2.75) is 38.9 Å². The number of anilines is 1. The van der Waals surface area contributed by atoms with Crippen molar-refractivity contribution in [3.63, 3.8) is 0 Å². The third-order valence-corrected chi connectivity index (χ3v) is 5.51. The molecule has 2 heterocycles. The SMILES string of the molecule is CC(=O)C[C@@H](C)c1ccc(N2CC(Oc3cc(OCc4ccccc4)ccn3)C2)cc1. The minimum atomic E-state index is 0.105. The number of rotatable bonds is 9. The van der Waals surface area contributed by atoms with Gasteiger partial charge in [0.15, 0.2) is 0 Å². The molecule has 160 valence electrons. The van der Waals surface area contributed by atoms with Gasteiger partial charge in [-0.3, -0.25) is 0 Å². The first-order chi connectivity index (χ1) is 15.1. The molecule has 1 aromatic heterocycles. The van der Waals surface area contributed by atoms with Gasteiger partial charge >= 0.3 is 0 Å². The van der Waals surface area contributed by atoms with E-state index in [2.05, 4.69) is 41.1 Å². The van der Waals surface area contributed by atoms with Crippen LogP contribution in [0.2, 0.25) is 0 Å². The van der Waals surface area contributed by atoms with Crippen molar-refractivity contribution >= 4 is 11.5 Å². The Hall–Kier alpha value is -3.34. The predicted octanol–water partition coefficient (Wildman–Crippen LogP) is 5.01. The Kier molecular flexibility index (Phi) is 6.51. The Balaban J connectivity index is 1.26. The lowest BCUT2D eigenvalue weighted by Crippen LogP contribution is -2.54. The number of ether oxygens (including phenoxy) is 2. The van der Waals surface area contributed by atoms with E-state index in [4.69, 9.17) is 9.47 Å². The van der Waals surface area contributed by atoms with Crippen LogP contribution in [0, 0.1) is 0 Å². The van der Waals surface area contributed by atoms with Crippen molar-refractivity contribution in [3.05, 3.63) is 84.1 Å². The van der Waals surface area contributed by atoms with Crippen LogP contribution in [0.25, 0.3) is 0 Å². The maximum atomic E-state index is 11.3. The van der Waals surface area contributed by atoms with Gasteiger partial charge in [0.05, 0.1) is 13.1 Å². The lowest BCUT2D eigenvalue weighted by Gasteiger charge is -2.40. The standard InChI is InChI=1S/C26H28N2O3/c1-19(14-20(2)29)22-8-10-23(11-9-22)28-16-25(17-28)31-26-15-24(12-13-27-26)30-18-21-6-4-3-5-7-21/h3-13,15,19,25H,14,16-18H2,1-2H3/t19-/m1/s1. The average Bonchev–Trinajstić information content (AvgIpc) is 2.75. The van der Waals surface area contributed by atoms with E-state index in [1.807, 2.05) is 42.5 Å². The van der Waals surface area contributed by atoms with Gasteiger partial charge in [-0.25, -0.2) is 4.98 Å². The fourth-order valence-electron chi connectivity index (χ4n) is 3.74. The van der Waals surface area contributed by atoms with Gasteiger partial charge in [0.2, 0.25) is 5.88 Å². The minimum absolute atomic E-state index is 0.105. The summed E-state index contributed by atoms with van der Waals surface area (Å²) in [5.41, 5.74) is 3.49. The molecule has 0 unspecified atom stereocenters. The van der Waals surface area contributed by atoms with Gasteiger partial charge in [-0.15, -0.1) is 0 Å². The molecule has 0 aliphatic carbocycles. The molecule has 0 amide bonds. The first-order valence-electron chi connectivity index (χ1n) is 10.7. The van der Waals surface area contributed by atoms with E-state index < -0.39 is 0 Å². The van der Waals surface area contributed by atoms with Crippen LogP contribution in [-0.4, -0.2) is 30.0 Å². The van der Waals surface area contributed by atoms with Gasteiger partial charge in [0, 0.05) is 24.4 Å². The number of benzene rings is 2. The second kappa shape index (κ2) is 9.65. The zero-order chi connectivity index (χ0) is 21.6. The van der Waals surface area contributed by atoms with Gasteiger partial charge in [-0.05, 0) is 42.2 Å². The van der Waals surface area contributed by atoms with Crippen molar-refractivity contribution < 1.29 is 14.3 Å². The summed E-state index contributed by atoms with van der Waals surface area (Å²) in [6, 6.07) is 22.2. The summed E-state index contributed by atoms with van der Waals surface area (Å²) >= 11 is 0. The van der Waals surface area contributed by atoms with Gasteiger partial charge < -0.3 is 19.2 Å². The van der Waals surface area contributed by atoms with Crippen LogP contribution >= 0.6 is 0 Å². The number of hydrogen-bond acceptors (Lipinski definition) is 5.